The Kier molecular flexibility index (Phi) is 5.09. The topological polar surface area (TPSA) is 41.9 Å². The maximum atomic E-state index is 12.1. The summed E-state index contributed by atoms with van der Waals surface area (Å²) in [6, 6.07) is 5.37. The summed E-state index contributed by atoms with van der Waals surface area (Å²) in [5, 5.41) is 0.698. The molecule has 0 spiro atoms. The van der Waals surface area contributed by atoms with Gasteiger partial charge in [-0.3, -0.25) is 4.79 Å². The third-order valence-corrected chi connectivity index (χ3v) is 5.29. The van der Waals surface area contributed by atoms with E-state index in [9.17, 15) is 18.0 Å². The standard InChI is InChI=1S/C15H13F3N2O2S2/c16-15(17,18)22-11-3-1-10(2-4-11)9-12-13(21)19-14(24-12)20-5-7-23-8-6-20/h1-4,9H,5-8H2. The number of nitrogens with zero attached hydrogens (tertiary/aromatic N) is 2. The van der Waals surface area contributed by atoms with Crippen LogP contribution in [0, 0.1) is 0 Å². The summed E-state index contributed by atoms with van der Waals surface area (Å²) in [5.41, 5.74) is 0.617. The van der Waals surface area contributed by atoms with Crippen molar-refractivity contribution in [3.05, 3.63) is 34.7 Å². The van der Waals surface area contributed by atoms with E-state index in [1.165, 1.54) is 36.0 Å². The van der Waals surface area contributed by atoms with Crippen molar-refractivity contribution < 1.29 is 22.7 Å². The van der Waals surface area contributed by atoms with Gasteiger partial charge in [-0.25, -0.2) is 0 Å². The smallest absolute Gasteiger partial charge is 0.406 e. The Morgan fingerprint density at radius 2 is 1.83 bits per heavy atom. The van der Waals surface area contributed by atoms with Crippen LogP contribution in [0.2, 0.25) is 0 Å². The second-order valence-corrected chi connectivity index (χ2v) is 7.26. The summed E-state index contributed by atoms with van der Waals surface area (Å²) in [4.78, 5) is 18.6. The van der Waals surface area contributed by atoms with E-state index in [2.05, 4.69) is 14.6 Å². The molecule has 128 valence electrons. The van der Waals surface area contributed by atoms with Crippen molar-refractivity contribution in [1.29, 1.82) is 0 Å². The van der Waals surface area contributed by atoms with E-state index < -0.39 is 6.36 Å². The minimum atomic E-state index is -4.72. The molecule has 0 bridgehead atoms. The highest BCUT2D eigenvalue weighted by molar-refractivity contribution is 8.18. The molecule has 2 aliphatic heterocycles. The summed E-state index contributed by atoms with van der Waals surface area (Å²) in [6.07, 6.45) is -3.09. The number of carbonyl (C=O) groups is 1. The molecule has 9 heteroatoms. The van der Waals surface area contributed by atoms with Crippen LogP contribution < -0.4 is 4.74 Å². The van der Waals surface area contributed by atoms with Crippen molar-refractivity contribution in [1.82, 2.24) is 4.90 Å². The minimum Gasteiger partial charge on any atom is -0.406 e. The van der Waals surface area contributed by atoms with Crippen molar-refractivity contribution in [2.24, 2.45) is 4.99 Å². The van der Waals surface area contributed by atoms with Crippen molar-refractivity contribution in [3.8, 4) is 5.75 Å². The molecule has 0 atom stereocenters. The predicted molar refractivity (Wildman–Crippen MR) is 90.0 cm³/mol. The van der Waals surface area contributed by atoms with Crippen LogP contribution in [0.15, 0.2) is 34.2 Å². The quantitative estimate of drug-likeness (QED) is 0.740. The van der Waals surface area contributed by atoms with Gasteiger partial charge in [0.25, 0.3) is 5.91 Å². The van der Waals surface area contributed by atoms with Crippen LogP contribution in [0.25, 0.3) is 6.08 Å². The van der Waals surface area contributed by atoms with Gasteiger partial charge in [-0.1, -0.05) is 12.1 Å². The van der Waals surface area contributed by atoms with Gasteiger partial charge in [-0.15, -0.1) is 13.2 Å². The van der Waals surface area contributed by atoms with Gasteiger partial charge < -0.3 is 9.64 Å². The summed E-state index contributed by atoms with van der Waals surface area (Å²) in [5.74, 6) is 1.41. The van der Waals surface area contributed by atoms with Gasteiger partial charge in [0.15, 0.2) is 5.17 Å². The SMILES string of the molecule is O=C1N=C(N2CCSCC2)SC1=Cc1ccc(OC(F)(F)F)cc1. The van der Waals surface area contributed by atoms with Crippen LogP contribution in [0.4, 0.5) is 13.2 Å². The molecular weight excluding hydrogens is 361 g/mol. The van der Waals surface area contributed by atoms with Crippen LogP contribution >= 0.6 is 23.5 Å². The lowest BCUT2D eigenvalue weighted by Gasteiger charge is -2.26. The summed E-state index contributed by atoms with van der Waals surface area (Å²) < 4.78 is 40.2. The van der Waals surface area contributed by atoms with E-state index in [1.54, 1.807) is 6.08 Å². The molecule has 1 fully saturated rings. The number of halogens is 3. The Morgan fingerprint density at radius 3 is 2.46 bits per heavy atom. The fourth-order valence-electron chi connectivity index (χ4n) is 2.20. The fraction of sp³-hybridized carbons (Fsp3) is 0.333. The molecule has 4 nitrogen and oxygen atoms in total. The highest BCUT2D eigenvalue weighted by Gasteiger charge is 2.31. The Balaban J connectivity index is 1.67. The zero-order valence-electron chi connectivity index (χ0n) is 12.4. The first-order valence-corrected chi connectivity index (χ1v) is 9.09. The lowest BCUT2D eigenvalue weighted by Crippen LogP contribution is -2.35. The third kappa shape index (κ3) is 4.47. The van der Waals surface area contributed by atoms with Gasteiger partial charge in [0.05, 0.1) is 4.91 Å². The van der Waals surface area contributed by atoms with Gasteiger partial charge in [0.1, 0.15) is 5.75 Å². The van der Waals surface area contributed by atoms with Gasteiger partial charge in [0.2, 0.25) is 0 Å². The average Bonchev–Trinajstić information content (AvgIpc) is 2.90. The molecule has 0 aromatic heterocycles. The third-order valence-electron chi connectivity index (χ3n) is 3.30. The maximum Gasteiger partial charge on any atom is 0.573 e. The maximum absolute atomic E-state index is 12.1. The first kappa shape index (κ1) is 17.2. The van der Waals surface area contributed by atoms with Crippen molar-refractivity contribution in [3.63, 3.8) is 0 Å². The molecule has 0 radical (unpaired) electrons. The van der Waals surface area contributed by atoms with E-state index in [0.717, 1.165) is 24.6 Å². The number of benzene rings is 1. The molecular formula is C15H13F3N2O2S2. The van der Waals surface area contributed by atoms with Gasteiger partial charge in [-0.2, -0.15) is 16.8 Å². The Hall–Kier alpha value is -1.61. The van der Waals surface area contributed by atoms with Crippen molar-refractivity contribution in [2.45, 2.75) is 6.36 Å². The molecule has 24 heavy (non-hydrogen) atoms. The zero-order valence-corrected chi connectivity index (χ0v) is 14.0. The van der Waals surface area contributed by atoms with Gasteiger partial charge in [-0.05, 0) is 35.5 Å². The molecule has 1 amide bonds. The van der Waals surface area contributed by atoms with E-state index in [1.807, 2.05) is 11.8 Å². The number of alkyl halides is 3. The number of hydrogen-bond acceptors (Lipinski definition) is 5. The molecule has 0 unspecified atom stereocenters. The van der Waals surface area contributed by atoms with E-state index in [4.69, 9.17) is 0 Å². The van der Waals surface area contributed by atoms with E-state index >= 15 is 0 Å². The molecule has 3 rings (SSSR count). The first-order chi connectivity index (χ1) is 11.4. The molecule has 2 heterocycles. The van der Waals surface area contributed by atoms with Gasteiger partial charge >= 0.3 is 6.36 Å². The van der Waals surface area contributed by atoms with E-state index in [-0.39, 0.29) is 11.7 Å². The van der Waals surface area contributed by atoms with Crippen molar-refractivity contribution in [2.75, 3.05) is 24.6 Å². The first-order valence-electron chi connectivity index (χ1n) is 7.12. The summed E-state index contributed by atoms with van der Waals surface area (Å²) in [6.45, 7) is 1.72. The molecule has 1 aromatic rings. The van der Waals surface area contributed by atoms with Crippen LogP contribution in [0.1, 0.15) is 5.56 Å². The molecule has 0 N–H and O–H groups in total. The van der Waals surface area contributed by atoms with Gasteiger partial charge in [0, 0.05) is 24.6 Å². The van der Waals surface area contributed by atoms with Crippen LogP contribution in [0.3, 0.4) is 0 Å². The molecule has 1 saturated heterocycles. The summed E-state index contributed by atoms with van der Waals surface area (Å²) in [7, 11) is 0. The Bertz CT molecular complexity index is 681. The fourth-order valence-corrected chi connectivity index (χ4v) is 4.07. The number of thioether (sulfide) groups is 2. The van der Waals surface area contributed by atoms with Crippen molar-refractivity contribution >= 4 is 40.7 Å². The minimum absolute atomic E-state index is 0.294. The number of hydrogen-bond donors (Lipinski definition) is 0. The molecule has 0 aliphatic carbocycles. The highest BCUT2D eigenvalue weighted by atomic mass is 32.2. The normalized spacial score (nSPS) is 20.5. The number of carbonyl (C=O) groups excluding carboxylic acids is 1. The second-order valence-electron chi connectivity index (χ2n) is 5.03. The average molecular weight is 374 g/mol. The lowest BCUT2D eigenvalue weighted by molar-refractivity contribution is -0.274. The second kappa shape index (κ2) is 7.10. The number of aliphatic imine (C=N–C) groups is 1. The monoisotopic (exact) mass is 374 g/mol. The zero-order chi connectivity index (χ0) is 17.2. The van der Waals surface area contributed by atoms with Crippen LogP contribution in [0.5, 0.6) is 5.75 Å². The number of ether oxygens (including phenoxy) is 1. The number of rotatable bonds is 2. The lowest BCUT2D eigenvalue weighted by atomic mass is 10.2. The highest BCUT2D eigenvalue weighted by Crippen LogP contribution is 2.31. The number of amides is 1. The molecule has 2 aliphatic rings. The molecule has 0 saturated carbocycles. The Labute approximate surface area is 145 Å². The predicted octanol–water partition coefficient (Wildman–Crippen LogP) is 3.60. The Morgan fingerprint density at radius 1 is 1.17 bits per heavy atom. The number of amidine groups is 1. The largest absolute Gasteiger partial charge is 0.573 e. The van der Waals surface area contributed by atoms with Crippen LogP contribution in [-0.4, -0.2) is 46.9 Å². The van der Waals surface area contributed by atoms with Crippen LogP contribution in [-0.2, 0) is 4.79 Å². The molecule has 1 aromatic carbocycles. The summed E-state index contributed by atoms with van der Waals surface area (Å²) >= 11 is 3.17. The van der Waals surface area contributed by atoms with E-state index in [0.29, 0.717) is 15.6 Å².